The molecule has 0 fully saturated rings. The first-order valence-electron chi connectivity index (χ1n) is 18.5. The Labute approximate surface area is 297 Å². The molecule has 0 saturated carbocycles. The van der Waals surface area contributed by atoms with Crippen LogP contribution in [0.1, 0.15) is 149 Å². The molecule has 1 aliphatic rings. The van der Waals surface area contributed by atoms with Crippen LogP contribution in [0.4, 0.5) is 0 Å². The van der Waals surface area contributed by atoms with Crippen molar-refractivity contribution >= 4 is 34.5 Å². The topological polar surface area (TPSA) is 55.8 Å². The van der Waals surface area contributed by atoms with Gasteiger partial charge >= 0.3 is 11.9 Å². The lowest BCUT2D eigenvalue weighted by atomic mass is 9.87. The summed E-state index contributed by atoms with van der Waals surface area (Å²) in [5, 5.41) is 0. The van der Waals surface area contributed by atoms with Gasteiger partial charge in [-0.05, 0) is 116 Å². The molecule has 264 valence electrons. The van der Waals surface area contributed by atoms with E-state index in [0.29, 0.717) is 32.7 Å². The molecule has 1 rings (SSSR count). The normalized spacial score (nSPS) is 15.3. The first-order chi connectivity index (χ1) is 22.3. The average molecular weight is 754 g/mol. The zero-order valence-corrected chi connectivity index (χ0v) is 32.3. The molecule has 0 heterocycles. The highest BCUT2D eigenvalue weighted by Gasteiger charge is 2.22. The highest BCUT2D eigenvalue weighted by Crippen LogP contribution is 2.27. The number of rotatable bonds is 28. The van der Waals surface area contributed by atoms with E-state index in [9.17, 15) is 9.59 Å². The summed E-state index contributed by atoms with van der Waals surface area (Å²) in [6.07, 6.45) is 34.2. The van der Waals surface area contributed by atoms with Gasteiger partial charge in [0.2, 0.25) is 0 Å². The molecule has 6 heteroatoms. The fourth-order valence-corrected chi connectivity index (χ4v) is 6.17. The van der Waals surface area contributed by atoms with Crippen molar-refractivity contribution < 1.29 is 19.1 Å². The van der Waals surface area contributed by atoms with Crippen LogP contribution >= 0.6 is 22.6 Å². The minimum Gasteiger partial charge on any atom is -0.464 e. The van der Waals surface area contributed by atoms with Gasteiger partial charge in [-0.2, -0.15) is 0 Å². The van der Waals surface area contributed by atoms with Gasteiger partial charge in [0.05, 0.1) is 5.92 Å². The van der Waals surface area contributed by atoms with E-state index in [1.54, 1.807) is 0 Å². The Balaban J connectivity index is 1.99. The molecular formula is C40H68INO4. The van der Waals surface area contributed by atoms with Gasteiger partial charge in [0.25, 0.3) is 0 Å². The monoisotopic (exact) mass is 753 g/mol. The molecule has 0 aromatic rings. The van der Waals surface area contributed by atoms with Crippen LogP contribution in [0.3, 0.4) is 0 Å². The van der Waals surface area contributed by atoms with Crippen LogP contribution in [0.5, 0.6) is 0 Å². The number of hydrogen-bond acceptors (Lipinski definition) is 5. The smallest absolute Gasteiger partial charge is 0.309 e. The lowest BCUT2D eigenvalue weighted by molar-refractivity contribution is -0.149. The average Bonchev–Trinajstić information content (AvgIpc) is 3.03. The Hall–Kier alpha value is -1.41. The molecule has 0 aliphatic heterocycles. The summed E-state index contributed by atoms with van der Waals surface area (Å²) < 4.78 is 12.3. The fraction of sp³-hybridized carbons (Fsp3) is 0.750. The van der Waals surface area contributed by atoms with E-state index in [4.69, 9.17) is 9.47 Å². The summed E-state index contributed by atoms with van der Waals surface area (Å²) in [5.41, 5.74) is 4.33. The number of esters is 2. The predicted octanol–water partition coefficient (Wildman–Crippen LogP) is 11.3. The van der Waals surface area contributed by atoms with Crippen LogP contribution in [-0.4, -0.2) is 54.6 Å². The van der Waals surface area contributed by atoms with Crippen molar-refractivity contribution in [2.45, 2.75) is 149 Å². The number of likely N-dealkylation sites (N-methyl/N-ethyl adjacent to an activating group) is 1. The molecule has 0 N–H and O–H groups in total. The fourth-order valence-electron chi connectivity index (χ4n) is 5.63. The van der Waals surface area contributed by atoms with Gasteiger partial charge < -0.3 is 9.47 Å². The number of allylic oxidation sites excluding steroid dienone is 8. The van der Waals surface area contributed by atoms with E-state index in [2.05, 4.69) is 78.6 Å². The van der Waals surface area contributed by atoms with E-state index in [1.165, 1.54) is 85.4 Å². The summed E-state index contributed by atoms with van der Waals surface area (Å²) in [5.74, 6) is -0.204. The molecule has 5 nitrogen and oxygen atoms in total. The van der Waals surface area contributed by atoms with Crippen LogP contribution in [0.15, 0.2) is 47.1 Å². The number of alkyl halides is 1. The largest absolute Gasteiger partial charge is 0.464 e. The van der Waals surface area contributed by atoms with Crippen LogP contribution in [0.25, 0.3) is 0 Å². The van der Waals surface area contributed by atoms with Crippen molar-refractivity contribution in [2.24, 2.45) is 5.92 Å². The molecular weight excluding hydrogens is 685 g/mol. The second-order valence-corrected chi connectivity index (χ2v) is 14.5. The SMILES string of the molecule is CC(C)=CCC/C(C)=C/CCC1=CCC(C(=O)OCCN(C)CCOC(=O)CCCCCCC/C=C\CCCCCCCI)CC1. The minimum atomic E-state index is -0.104. The lowest BCUT2D eigenvalue weighted by Crippen LogP contribution is -2.30. The van der Waals surface area contributed by atoms with Crippen LogP contribution in [0, 0.1) is 5.92 Å². The zero-order chi connectivity index (χ0) is 33.7. The summed E-state index contributed by atoms with van der Waals surface area (Å²) >= 11 is 2.46. The Bertz CT molecular complexity index is 918. The van der Waals surface area contributed by atoms with Gasteiger partial charge in [-0.15, -0.1) is 0 Å². The number of ether oxygens (including phenoxy) is 2. The van der Waals surface area contributed by atoms with Gasteiger partial charge in [0, 0.05) is 19.5 Å². The van der Waals surface area contributed by atoms with E-state index < -0.39 is 0 Å². The molecule has 1 unspecified atom stereocenters. The second-order valence-electron chi connectivity index (χ2n) is 13.5. The Kier molecular flexibility index (Phi) is 27.5. The molecule has 0 saturated heterocycles. The maximum absolute atomic E-state index is 12.6. The Morgan fingerprint density at radius 1 is 0.804 bits per heavy atom. The van der Waals surface area contributed by atoms with Gasteiger partial charge in [-0.25, -0.2) is 0 Å². The second kappa shape index (κ2) is 29.7. The van der Waals surface area contributed by atoms with Crippen molar-refractivity contribution in [2.75, 3.05) is 37.8 Å². The zero-order valence-electron chi connectivity index (χ0n) is 30.1. The highest BCUT2D eigenvalue weighted by molar-refractivity contribution is 14.1. The highest BCUT2D eigenvalue weighted by atomic mass is 127. The molecule has 0 aromatic heterocycles. The van der Waals surface area contributed by atoms with Crippen molar-refractivity contribution in [3.8, 4) is 0 Å². The number of unbranched alkanes of at least 4 members (excludes halogenated alkanes) is 10. The number of nitrogens with zero attached hydrogens (tertiary/aromatic N) is 1. The Morgan fingerprint density at radius 3 is 2.07 bits per heavy atom. The standard InChI is InChI=1S/C40H68INO4/c1-35(2)21-19-22-36(3)23-20-24-37-26-28-38(29-27-37)40(44)46-34-32-42(4)31-33-45-39(43)25-17-15-13-11-9-7-5-6-8-10-12-14-16-18-30-41/h5-6,21,23,26,38H,7-20,22,24-25,27-34H2,1-4H3/b6-5-,36-23+. The van der Waals surface area contributed by atoms with Crippen LogP contribution in [-0.2, 0) is 19.1 Å². The van der Waals surface area contributed by atoms with Crippen molar-refractivity contribution in [1.82, 2.24) is 4.90 Å². The summed E-state index contributed by atoms with van der Waals surface area (Å²) in [6.45, 7) is 8.58. The predicted molar refractivity (Wildman–Crippen MR) is 205 cm³/mol. The number of hydrogen-bond donors (Lipinski definition) is 0. The molecule has 0 bridgehead atoms. The van der Waals surface area contributed by atoms with Crippen LogP contribution < -0.4 is 0 Å². The molecule has 46 heavy (non-hydrogen) atoms. The minimum absolute atomic E-state index is 0.0206. The van der Waals surface area contributed by atoms with E-state index in [1.807, 2.05) is 7.05 Å². The van der Waals surface area contributed by atoms with E-state index in [0.717, 1.165) is 57.8 Å². The third-order valence-electron chi connectivity index (χ3n) is 8.76. The van der Waals surface area contributed by atoms with E-state index >= 15 is 0 Å². The summed E-state index contributed by atoms with van der Waals surface area (Å²) in [6, 6.07) is 0. The van der Waals surface area contributed by atoms with Crippen molar-refractivity contribution in [3.05, 3.63) is 47.1 Å². The maximum Gasteiger partial charge on any atom is 0.309 e. The number of carbonyl (C=O) groups excluding carboxylic acids is 2. The number of carbonyl (C=O) groups is 2. The Morgan fingerprint density at radius 2 is 1.43 bits per heavy atom. The molecule has 1 atom stereocenters. The molecule has 0 radical (unpaired) electrons. The molecule has 1 aliphatic carbocycles. The first-order valence-corrected chi connectivity index (χ1v) is 20.0. The third kappa shape index (κ3) is 25.7. The first kappa shape index (κ1) is 42.6. The van der Waals surface area contributed by atoms with Gasteiger partial charge in [0.15, 0.2) is 0 Å². The van der Waals surface area contributed by atoms with Crippen molar-refractivity contribution in [3.63, 3.8) is 0 Å². The number of halogens is 1. The third-order valence-corrected chi connectivity index (χ3v) is 9.53. The van der Waals surface area contributed by atoms with Gasteiger partial charge in [0.1, 0.15) is 13.2 Å². The summed E-state index contributed by atoms with van der Waals surface area (Å²) in [7, 11) is 1.97. The van der Waals surface area contributed by atoms with Gasteiger partial charge in [-0.3, -0.25) is 14.5 Å². The van der Waals surface area contributed by atoms with Crippen LogP contribution in [0.2, 0.25) is 0 Å². The molecule has 0 amide bonds. The van der Waals surface area contributed by atoms with Crippen molar-refractivity contribution in [1.29, 1.82) is 0 Å². The van der Waals surface area contributed by atoms with Gasteiger partial charge in [-0.1, -0.05) is 108 Å². The quantitative estimate of drug-likeness (QED) is 0.0262. The molecule has 0 spiro atoms. The summed E-state index contributed by atoms with van der Waals surface area (Å²) in [4.78, 5) is 26.7. The maximum atomic E-state index is 12.6. The van der Waals surface area contributed by atoms with E-state index in [-0.39, 0.29) is 17.9 Å². The molecule has 0 aromatic carbocycles. The lowest BCUT2D eigenvalue weighted by Gasteiger charge is -2.22.